The van der Waals surface area contributed by atoms with Gasteiger partial charge in [0.2, 0.25) is 10.0 Å². The number of sulfonamides is 1. The van der Waals surface area contributed by atoms with Crippen molar-refractivity contribution in [2.45, 2.75) is 57.6 Å². The molecule has 1 aliphatic rings. The van der Waals surface area contributed by atoms with E-state index in [1.807, 2.05) is 26.8 Å². The minimum Gasteiger partial charge on any atom is -0.398 e. The van der Waals surface area contributed by atoms with Gasteiger partial charge in [-0.1, -0.05) is 0 Å². The van der Waals surface area contributed by atoms with Crippen molar-refractivity contribution in [2.24, 2.45) is 0 Å². The first kappa shape index (κ1) is 16.3. The molecule has 2 rings (SSSR count). The molecule has 1 saturated heterocycles. The molecule has 1 aromatic rings. The van der Waals surface area contributed by atoms with Gasteiger partial charge in [-0.15, -0.1) is 0 Å². The maximum atomic E-state index is 12.7. The van der Waals surface area contributed by atoms with Crippen molar-refractivity contribution in [2.75, 3.05) is 12.3 Å². The molecular weight excluding hydrogens is 288 g/mol. The number of rotatable bonds is 3. The first-order valence-corrected chi connectivity index (χ1v) is 8.71. The zero-order valence-electron chi connectivity index (χ0n) is 13.1. The van der Waals surface area contributed by atoms with Crippen LogP contribution in [-0.4, -0.2) is 27.2 Å². The van der Waals surface area contributed by atoms with E-state index in [0.29, 0.717) is 35.6 Å². The number of ether oxygens (including phenoxy) is 1. The molecule has 0 radical (unpaired) electrons. The molecule has 0 aromatic heterocycles. The van der Waals surface area contributed by atoms with Crippen LogP contribution in [0, 0.1) is 20.8 Å². The molecule has 3 N–H and O–H groups in total. The Kier molecular flexibility index (Phi) is 4.60. The van der Waals surface area contributed by atoms with E-state index in [2.05, 4.69) is 4.72 Å². The van der Waals surface area contributed by atoms with Gasteiger partial charge < -0.3 is 10.5 Å². The zero-order chi connectivity index (χ0) is 15.8. The average Bonchev–Trinajstić information content (AvgIpc) is 2.35. The topological polar surface area (TPSA) is 81.4 Å². The van der Waals surface area contributed by atoms with Crippen LogP contribution < -0.4 is 10.5 Å². The Bertz CT molecular complexity index is 615. The van der Waals surface area contributed by atoms with Crippen molar-refractivity contribution in [3.63, 3.8) is 0 Å². The molecule has 2 atom stereocenters. The summed E-state index contributed by atoms with van der Waals surface area (Å²) in [5, 5.41) is 0. The summed E-state index contributed by atoms with van der Waals surface area (Å²) in [6, 6.07) is 1.74. The molecule has 2 unspecified atom stereocenters. The third-order valence-corrected chi connectivity index (χ3v) is 5.95. The lowest BCUT2D eigenvalue weighted by Crippen LogP contribution is -2.41. The van der Waals surface area contributed by atoms with Crippen molar-refractivity contribution in [1.82, 2.24) is 4.72 Å². The quantitative estimate of drug-likeness (QED) is 0.837. The van der Waals surface area contributed by atoms with Gasteiger partial charge in [-0.05, 0) is 63.3 Å². The fourth-order valence-electron chi connectivity index (χ4n) is 2.83. The van der Waals surface area contributed by atoms with Crippen molar-refractivity contribution >= 4 is 15.7 Å². The molecule has 1 fully saturated rings. The Morgan fingerprint density at radius 1 is 1.29 bits per heavy atom. The number of nitrogen functional groups attached to an aromatic ring is 1. The molecule has 6 heteroatoms. The highest BCUT2D eigenvalue weighted by atomic mass is 32.2. The van der Waals surface area contributed by atoms with Crippen molar-refractivity contribution < 1.29 is 13.2 Å². The summed E-state index contributed by atoms with van der Waals surface area (Å²) in [4.78, 5) is 0.319. The fraction of sp³-hybridized carbons (Fsp3) is 0.600. The standard InChI is InChI=1S/C15H24N2O3S/c1-9-7-14(16)12(4)15(11(9)3)21(18,19)17-13-5-6-20-10(2)8-13/h7,10,13,17H,5-6,8,16H2,1-4H3. The molecule has 0 saturated carbocycles. The van der Waals surface area contributed by atoms with Crippen LogP contribution in [0.5, 0.6) is 0 Å². The molecule has 1 aromatic carbocycles. The van der Waals surface area contributed by atoms with Gasteiger partial charge in [0.1, 0.15) is 0 Å². The summed E-state index contributed by atoms with van der Waals surface area (Å²) in [5.74, 6) is 0. The van der Waals surface area contributed by atoms with Gasteiger partial charge in [0.15, 0.2) is 0 Å². The number of nitrogens with one attached hydrogen (secondary N) is 1. The Morgan fingerprint density at radius 2 is 1.95 bits per heavy atom. The van der Waals surface area contributed by atoms with Gasteiger partial charge in [-0.2, -0.15) is 0 Å². The predicted molar refractivity (Wildman–Crippen MR) is 83.8 cm³/mol. The van der Waals surface area contributed by atoms with Crippen LogP contribution >= 0.6 is 0 Å². The zero-order valence-corrected chi connectivity index (χ0v) is 13.9. The summed E-state index contributed by atoms with van der Waals surface area (Å²) < 4.78 is 33.8. The number of nitrogens with two attached hydrogens (primary N) is 1. The lowest BCUT2D eigenvalue weighted by molar-refractivity contribution is 0.0173. The molecular formula is C15H24N2O3S. The van der Waals surface area contributed by atoms with E-state index >= 15 is 0 Å². The van der Waals surface area contributed by atoms with E-state index in [1.165, 1.54) is 0 Å². The lowest BCUT2D eigenvalue weighted by atomic mass is 10.1. The minimum absolute atomic E-state index is 0.0798. The van der Waals surface area contributed by atoms with Crippen molar-refractivity contribution in [3.8, 4) is 0 Å². The Hall–Kier alpha value is -1.11. The van der Waals surface area contributed by atoms with Crippen molar-refractivity contribution in [1.29, 1.82) is 0 Å². The van der Waals surface area contributed by atoms with Crippen LogP contribution in [0.2, 0.25) is 0 Å². The van der Waals surface area contributed by atoms with Gasteiger partial charge in [-0.25, -0.2) is 13.1 Å². The van der Waals surface area contributed by atoms with E-state index in [-0.39, 0.29) is 12.1 Å². The molecule has 0 aliphatic carbocycles. The first-order valence-electron chi connectivity index (χ1n) is 7.22. The largest absolute Gasteiger partial charge is 0.398 e. The second-order valence-electron chi connectivity index (χ2n) is 5.89. The number of anilines is 1. The molecule has 5 nitrogen and oxygen atoms in total. The smallest absolute Gasteiger partial charge is 0.241 e. The maximum absolute atomic E-state index is 12.7. The molecule has 21 heavy (non-hydrogen) atoms. The summed E-state index contributed by atoms with van der Waals surface area (Å²) in [6.45, 7) is 8.00. The van der Waals surface area contributed by atoms with E-state index < -0.39 is 10.0 Å². The number of aryl methyl sites for hydroxylation is 1. The SMILES string of the molecule is Cc1cc(N)c(C)c(S(=O)(=O)NC2CCOC(C)C2)c1C. The van der Waals surface area contributed by atoms with Crippen LogP contribution in [0.4, 0.5) is 5.69 Å². The first-order chi connectivity index (χ1) is 9.72. The summed E-state index contributed by atoms with van der Waals surface area (Å²) in [7, 11) is -3.58. The van der Waals surface area contributed by atoms with Gasteiger partial charge in [0.05, 0.1) is 11.0 Å². The molecule has 118 valence electrons. The van der Waals surface area contributed by atoms with Gasteiger partial charge in [0.25, 0.3) is 0 Å². The normalized spacial score (nSPS) is 23.2. The van der Waals surface area contributed by atoms with E-state index in [4.69, 9.17) is 10.5 Å². The number of benzene rings is 1. The number of hydrogen-bond acceptors (Lipinski definition) is 4. The van der Waals surface area contributed by atoms with E-state index in [0.717, 1.165) is 11.1 Å². The molecule has 1 aliphatic heterocycles. The van der Waals surface area contributed by atoms with Crippen LogP contribution in [0.3, 0.4) is 0 Å². The highest BCUT2D eigenvalue weighted by molar-refractivity contribution is 7.89. The average molecular weight is 312 g/mol. The minimum atomic E-state index is -3.58. The van der Waals surface area contributed by atoms with E-state index in [1.54, 1.807) is 6.92 Å². The Labute approximate surface area is 126 Å². The Balaban J connectivity index is 2.36. The lowest BCUT2D eigenvalue weighted by Gasteiger charge is -2.28. The molecule has 0 bridgehead atoms. The van der Waals surface area contributed by atoms with Gasteiger partial charge in [0, 0.05) is 18.3 Å². The monoisotopic (exact) mass is 312 g/mol. The molecule has 0 amide bonds. The van der Waals surface area contributed by atoms with Gasteiger partial charge >= 0.3 is 0 Å². The third-order valence-electron chi connectivity index (χ3n) is 4.15. The molecule has 0 spiro atoms. The highest BCUT2D eigenvalue weighted by Crippen LogP contribution is 2.28. The third kappa shape index (κ3) is 3.39. The van der Waals surface area contributed by atoms with Crippen LogP contribution in [-0.2, 0) is 14.8 Å². The van der Waals surface area contributed by atoms with Gasteiger partial charge in [-0.3, -0.25) is 0 Å². The summed E-state index contributed by atoms with van der Waals surface area (Å²) >= 11 is 0. The predicted octanol–water partition coefficient (Wildman–Crippen LogP) is 2.04. The second-order valence-corrected chi connectivity index (χ2v) is 7.54. The molecule has 1 heterocycles. The number of hydrogen-bond donors (Lipinski definition) is 2. The van der Waals surface area contributed by atoms with Crippen LogP contribution in [0.15, 0.2) is 11.0 Å². The van der Waals surface area contributed by atoms with Crippen molar-refractivity contribution in [3.05, 3.63) is 22.8 Å². The van der Waals surface area contributed by atoms with Crippen LogP contribution in [0.1, 0.15) is 36.5 Å². The Morgan fingerprint density at radius 3 is 2.57 bits per heavy atom. The summed E-state index contributed by atoms with van der Waals surface area (Å²) in [5.41, 5.74) is 8.71. The maximum Gasteiger partial charge on any atom is 0.241 e. The van der Waals surface area contributed by atoms with E-state index in [9.17, 15) is 8.42 Å². The van der Waals surface area contributed by atoms with Crippen LogP contribution in [0.25, 0.3) is 0 Å². The highest BCUT2D eigenvalue weighted by Gasteiger charge is 2.28. The summed E-state index contributed by atoms with van der Waals surface area (Å²) in [6.07, 6.45) is 1.47. The second kappa shape index (κ2) is 5.94. The fourth-order valence-corrected chi connectivity index (χ4v) is 4.68.